The van der Waals surface area contributed by atoms with Crippen LogP contribution in [0.5, 0.6) is 5.75 Å². The molecule has 8 nitrogen and oxygen atoms in total. The van der Waals surface area contributed by atoms with Gasteiger partial charge in [0.25, 0.3) is 0 Å². The maximum Gasteiger partial charge on any atom is 0.339 e. The quantitative estimate of drug-likeness (QED) is 0.130. The normalized spacial score (nSPS) is 10.9. The lowest BCUT2D eigenvalue weighted by Gasteiger charge is -2.10. The molecule has 0 aliphatic heterocycles. The van der Waals surface area contributed by atoms with Crippen LogP contribution in [-0.2, 0) is 16.6 Å². The molecule has 0 fully saturated rings. The van der Waals surface area contributed by atoms with Gasteiger partial charge in [0, 0.05) is 39.0 Å². The minimum Gasteiger partial charge on any atom is -0.507 e. The second-order valence-corrected chi connectivity index (χ2v) is 10.4. The van der Waals surface area contributed by atoms with Crippen molar-refractivity contribution in [2.45, 2.75) is 6.92 Å². The molecule has 2 amide bonds. The van der Waals surface area contributed by atoms with Gasteiger partial charge >= 0.3 is 17.8 Å². The number of anilines is 2. The molecule has 4 aromatic carbocycles. The summed E-state index contributed by atoms with van der Waals surface area (Å²) in [5.74, 6) is -3.15. The fourth-order valence-corrected chi connectivity index (χ4v) is 5.63. The van der Waals surface area contributed by atoms with E-state index in [1.165, 1.54) is 17.7 Å². The molecule has 0 aliphatic rings. The Balaban J connectivity index is 1.33. The predicted octanol–water partition coefficient (Wildman–Crippen LogP) is 6.41. The third-order valence-electron chi connectivity index (χ3n) is 6.61. The summed E-state index contributed by atoms with van der Waals surface area (Å²) < 4.78 is 2.63. The fraction of sp³-hybridized carbons (Fsp3) is 0.0645. The summed E-state index contributed by atoms with van der Waals surface area (Å²) in [6.07, 6.45) is 0. The molecule has 0 bridgehead atoms. The summed E-state index contributed by atoms with van der Waals surface area (Å²) in [7, 11) is 1.81. The molecule has 9 heteroatoms. The smallest absolute Gasteiger partial charge is 0.339 e. The van der Waals surface area contributed by atoms with Crippen LogP contribution in [0.15, 0.2) is 84.9 Å². The zero-order valence-electron chi connectivity index (χ0n) is 21.5. The summed E-state index contributed by atoms with van der Waals surface area (Å²) in [6.45, 7) is 2.03. The van der Waals surface area contributed by atoms with E-state index in [-0.39, 0.29) is 11.3 Å². The number of aryl methyl sites for hydroxylation is 2. The van der Waals surface area contributed by atoms with E-state index in [4.69, 9.17) is 0 Å². The number of aromatic hydroxyl groups is 1. The number of carboxylic acid groups (broad SMARTS) is 1. The molecule has 0 unspecified atom stereocenters. The second kappa shape index (κ2) is 10.9. The van der Waals surface area contributed by atoms with E-state index < -0.39 is 17.8 Å². The maximum atomic E-state index is 12.7. The zero-order valence-corrected chi connectivity index (χ0v) is 23.7. The van der Waals surface area contributed by atoms with Crippen molar-refractivity contribution in [2.24, 2.45) is 7.05 Å². The molecule has 0 saturated heterocycles. The lowest BCUT2D eigenvalue weighted by molar-refractivity contribution is -0.132. The van der Waals surface area contributed by atoms with Crippen molar-refractivity contribution in [2.75, 3.05) is 10.6 Å². The van der Waals surface area contributed by atoms with Gasteiger partial charge in [-0.25, -0.2) is 4.79 Å². The number of carboxylic acids is 1. The first-order chi connectivity index (χ1) is 19.1. The van der Waals surface area contributed by atoms with E-state index in [9.17, 15) is 24.6 Å². The number of nitrogens with one attached hydrogen (secondary N) is 2. The molecule has 200 valence electrons. The Bertz CT molecular complexity index is 1790. The van der Waals surface area contributed by atoms with Gasteiger partial charge in [-0.2, -0.15) is 0 Å². The Kier molecular flexibility index (Phi) is 7.31. The summed E-state index contributed by atoms with van der Waals surface area (Å²) >= 11 is 2.14. The lowest BCUT2D eigenvalue weighted by Crippen LogP contribution is -2.29. The van der Waals surface area contributed by atoms with Crippen LogP contribution in [0, 0.1) is 10.5 Å². The van der Waals surface area contributed by atoms with Crippen molar-refractivity contribution >= 4 is 62.7 Å². The van der Waals surface area contributed by atoms with Gasteiger partial charge < -0.3 is 25.4 Å². The average molecular weight is 645 g/mol. The van der Waals surface area contributed by atoms with Gasteiger partial charge in [-0.1, -0.05) is 54.1 Å². The van der Waals surface area contributed by atoms with E-state index in [0.29, 0.717) is 22.3 Å². The third-order valence-corrected chi connectivity index (χ3v) is 7.71. The molecule has 0 radical (unpaired) electrons. The van der Waals surface area contributed by atoms with E-state index in [1.54, 1.807) is 30.3 Å². The Labute approximate surface area is 243 Å². The molecule has 1 aromatic heterocycles. The molecule has 0 saturated carbocycles. The average Bonchev–Trinajstić information content (AvgIpc) is 3.17. The summed E-state index contributed by atoms with van der Waals surface area (Å²) in [5.41, 5.74) is 6.13. The molecular formula is C31H24IN3O5. The van der Waals surface area contributed by atoms with E-state index in [1.807, 2.05) is 61.0 Å². The van der Waals surface area contributed by atoms with Crippen molar-refractivity contribution in [1.29, 1.82) is 0 Å². The predicted molar refractivity (Wildman–Crippen MR) is 164 cm³/mol. The van der Waals surface area contributed by atoms with Gasteiger partial charge in [-0.05, 0) is 71.0 Å². The number of carbonyl (C=O) groups is 3. The van der Waals surface area contributed by atoms with Crippen LogP contribution in [0.4, 0.5) is 11.4 Å². The molecule has 0 aliphatic carbocycles. The third kappa shape index (κ3) is 5.28. The Morgan fingerprint density at radius 1 is 0.775 bits per heavy atom. The molecule has 0 atom stereocenters. The van der Waals surface area contributed by atoms with Crippen molar-refractivity contribution < 1.29 is 24.6 Å². The summed E-state index contributed by atoms with van der Waals surface area (Å²) in [6, 6.07) is 25.3. The zero-order chi connectivity index (χ0) is 28.6. The van der Waals surface area contributed by atoms with Gasteiger partial charge in [0.05, 0.1) is 11.2 Å². The molecule has 0 spiro atoms. The number of aromatic nitrogens is 1. The van der Waals surface area contributed by atoms with Crippen LogP contribution in [0.3, 0.4) is 0 Å². The van der Waals surface area contributed by atoms with Crippen molar-refractivity contribution in [3.63, 3.8) is 0 Å². The lowest BCUT2D eigenvalue weighted by atomic mass is 10.0. The monoisotopic (exact) mass is 645 g/mol. The maximum absolute atomic E-state index is 12.7. The Morgan fingerprint density at radius 3 is 2.00 bits per heavy atom. The fourth-order valence-electron chi connectivity index (χ4n) is 4.53. The first kappa shape index (κ1) is 26.9. The van der Waals surface area contributed by atoms with E-state index >= 15 is 0 Å². The van der Waals surface area contributed by atoms with Gasteiger partial charge in [-0.3, -0.25) is 9.59 Å². The minimum absolute atomic E-state index is 0.181. The second-order valence-electron chi connectivity index (χ2n) is 9.35. The van der Waals surface area contributed by atoms with Crippen LogP contribution < -0.4 is 10.6 Å². The van der Waals surface area contributed by atoms with E-state index in [0.717, 1.165) is 26.0 Å². The van der Waals surface area contributed by atoms with Crippen molar-refractivity contribution in [3.8, 4) is 28.1 Å². The van der Waals surface area contributed by atoms with Gasteiger partial charge in [0.2, 0.25) is 0 Å². The highest BCUT2D eigenvalue weighted by Crippen LogP contribution is 2.37. The van der Waals surface area contributed by atoms with Gasteiger partial charge in [-0.15, -0.1) is 0 Å². The minimum atomic E-state index is -1.22. The number of amides is 2. The molecular weight excluding hydrogens is 621 g/mol. The van der Waals surface area contributed by atoms with Gasteiger partial charge in [0.15, 0.2) is 0 Å². The molecule has 5 aromatic rings. The van der Waals surface area contributed by atoms with Crippen molar-refractivity contribution in [3.05, 3.63) is 99.6 Å². The Morgan fingerprint density at radius 2 is 1.38 bits per heavy atom. The van der Waals surface area contributed by atoms with Crippen LogP contribution in [0.1, 0.15) is 15.9 Å². The first-order valence-corrected chi connectivity index (χ1v) is 13.3. The SMILES string of the molecule is Cc1ccc(-c2ccc(NC(=O)C(=O)Nc3cccc(-c4c(I)c5cc(C(=O)O)c(O)cc5n4C)c3)cc2)cc1. The highest BCUT2D eigenvalue weighted by Gasteiger charge is 2.20. The van der Waals surface area contributed by atoms with E-state index in [2.05, 4.69) is 33.2 Å². The largest absolute Gasteiger partial charge is 0.507 e. The number of rotatable bonds is 5. The first-order valence-electron chi connectivity index (χ1n) is 12.3. The molecule has 1 heterocycles. The standard InChI is InChI=1S/C31H24IN3O5/c1-17-6-8-18(9-7-17)19-10-12-21(13-11-19)33-29(37)30(38)34-22-5-3-4-20(14-22)28-27(32)23-15-24(31(39)40)26(36)16-25(23)35(28)2/h3-16,36H,1-2H3,(H,33,37)(H,34,38)(H,39,40). The summed E-state index contributed by atoms with van der Waals surface area (Å²) in [4.78, 5) is 36.8. The Hall–Kier alpha value is -4.64. The van der Waals surface area contributed by atoms with Crippen LogP contribution in [0.2, 0.25) is 0 Å². The highest BCUT2D eigenvalue weighted by atomic mass is 127. The topological polar surface area (TPSA) is 121 Å². The molecule has 4 N–H and O–H groups in total. The number of nitrogens with zero attached hydrogens (tertiary/aromatic N) is 1. The highest BCUT2D eigenvalue weighted by molar-refractivity contribution is 14.1. The number of fused-ring (bicyclic) bond motifs is 1. The number of benzene rings is 4. The van der Waals surface area contributed by atoms with Crippen LogP contribution in [-0.4, -0.2) is 32.6 Å². The number of hydrogen-bond acceptors (Lipinski definition) is 4. The molecule has 5 rings (SSSR count). The van der Waals surface area contributed by atoms with Gasteiger partial charge in [0.1, 0.15) is 11.3 Å². The number of phenols is 1. The van der Waals surface area contributed by atoms with Crippen molar-refractivity contribution in [1.82, 2.24) is 4.57 Å². The van der Waals surface area contributed by atoms with Crippen LogP contribution in [0.25, 0.3) is 33.3 Å². The number of halogens is 1. The number of hydrogen-bond donors (Lipinski definition) is 4. The summed E-state index contributed by atoms with van der Waals surface area (Å²) in [5, 5.41) is 25.5. The number of aromatic carboxylic acids is 1. The van der Waals surface area contributed by atoms with Crippen LogP contribution >= 0.6 is 22.6 Å². The number of carbonyl (C=O) groups excluding carboxylic acids is 2. The molecule has 40 heavy (non-hydrogen) atoms.